The van der Waals surface area contributed by atoms with E-state index in [4.69, 9.17) is 4.74 Å². The van der Waals surface area contributed by atoms with Crippen LogP contribution in [0.15, 0.2) is 36.4 Å². The highest BCUT2D eigenvalue weighted by atomic mass is 19.1. The van der Waals surface area contributed by atoms with Crippen LogP contribution in [0.3, 0.4) is 0 Å². The lowest BCUT2D eigenvalue weighted by atomic mass is 10.0. The number of rotatable bonds is 3. The first-order valence-corrected chi connectivity index (χ1v) is 7.99. The first-order valence-electron chi connectivity index (χ1n) is 7.99. The summed E-state index contributed by atoms with van der Waals surface area (Å²) in [6.07, 6.45) is -0.614. The number of likely N-dealkylation sites (tertiary alicyclic amines) is 1. The fraction of sp³-hybridized carbons (Fsp3) is 0.316. The molecule has 3 rings (SSSR count). The molecular formula is C19H19F2NO3. The lowest BCUT2D eigenvalue weighted by Gasteiger charge is -2.26. The van der Waals surface area contributed by atoms with Crippen molar-refractivity contribution in [1.82, 2.24) is 4.90 Å². The number of ether oxygens (including phenoxy) is 1. The lowest BCUT2D eigenvalue weighted by molar-refractivity contribution is 0.0713. The molecule has 0 aromatic heterocycles. The van der Waals surface area contributed by atoms with Gasteiger partial charge in [0.25, 0.3) is 5.91 Å². The van der Waals surface area contributed by atoms with Gasteiger partial charge in [0, 0.05) is 17.7 Å². The van der Waals surface area contributed by atoms with Gasteiger partial charge < -0.3 is 14.7 Å². The number of hydrogen-bond acceptors (Lipinski definition) is 3. The molecule has 0 aliphatic carbocycles. The molecule has 6 heteroatoms. The zero-order valence-electron chi connectivity index (χ0n) is 14.0. The molecule has 1 aliphatic rings. The molecule has 0 radical (unpaired) electrons. The van der Waals surface area contributed by atoms with Crippen LogP contribution in [0.1, 0.15) is 33.9 Å². The van der Waals surface area contributed by atoms with E-state index in [1.54, 1.807) is 25.1 Å². The second-order valence-electron chi connectivity index (χ2n) is 6.21. The number of carbonyl (C=O) groups excluding carboxylic acids is 1. The van der Waals surface area contributed by atoms with Crippen LogP contribution in [-0.4, -0.2) is 35.7 Å². The highest BCUT2D eigenvalue weighted by Crippen LogP contribution is 2.35. The van der Waals surface area contributed by atoms with E-state index in [9.17, 15) is 18.7 Å². The summed E-state index contributed by atoms with van der Waals surface area (Å²) >= 11 is 0. The Morgan fingerprint density at radius 2 is 2.00 bits per heavy atom. The number of aliphatic hydroxyl groups is 1. The predicted octanol–water partition coefficient (Wildman–Crippen LogP) is 3.23. The summed E-state index contributed by atoms with van der Waals surface area (Å²) in [5.74, 6) is -0.871. The molecule has 4 nitrogen and oxygen atoms in total. The Hall–Kier alpha value is -2.47. The van der Waals surface area contributed by atoms with E-state index in [0.29, 0.717) is 16.9 Å². The minimum absolute atomic E-state index is 0.0743. The number of β-amino-alcohol motifs (C(OH)–C–C–N with tert-alkyl or cyclic N) is 1. The van der Waals surface area contributed by atoms with Gasteiger partial charge in [-0.2, -0.15) is 0 Å². The van der Waals surface area contributed by atoms with Gasteiger partial charge in [-0.15, -0.1) is 0 Å². The number of aliphatic hydroxyl groups excluding tert-OH is 1. The van der Waals surface area contributed by atoms with Gasteiger partial charge in [-0.05, 0) is 55.3 Å². The minimum atomic E-state index is -0.782. The largest absolute Gasteiger partial charge is 0.497 e. The van der Waals surface area contributed by atoms with E-state index in [1.165, 1.54) is 12.0 Å². The summed E-state index contributed by atoms with van der Waals surface area (Å²) < 4.78 is 32.8. The van der Waals surface area contributed by atoms with Crippen molar-refractivity contribution in [3.05, 3.63) is 64.7 Å². The summed E-state index contributed by atoms with van der Waals surface area (Å²) in [5, 5.41) is 10.0. The predicted molar refractivity (Wildman–Crippen MR) is 88.5 cm³/mol. The number of methoxy groups -OCH3 is 1. The van der Waals surface area contributed by atoms with Crippen LogP contribution >= 0.6 is 0 Å². The number of aryl methyl sites for hydroxylation is 1. The molecule has 25 heavy (non-hydrogen) atoms. The van der Waals surface area contributed by atoms with Gasteiger partial charge in [0.05, 0.1) is 19.3 Å². The Morgan fingerprint density at radius 3 is 2.68 bits per heavy atom. The molecule has 2 aromatic carbocycles. The van der Waals surface area contributed by atoms with E-state index in [0.717, 1.165) is 18.2 Å². The molecule has 1 saturated heterocycles. The minimum Gasteiger partial charge on any atom is -0.497 e. The van der Waals surface area contributed by atoms with Crippen molar-refractivity contribution in [2.45, 2.75) is 25.5 Å². The SMILES string of the molecule is COc1ccc(C(=O)N2CC(O)CC2c2cc(F)ccc2F)c(C)c1. The van der Waals surface area contributed by atoms with Gasteiger partial charge in [-0.1, -0.05) is 0 Å². The van der Waals surface area contributed by atoms with Crippen LogP contribution in [0.4, 0.5) is 8.78 Å². The van der Waals surface area contributed by atoms with Gasteiger partial charge in [0.15, 0.2) is 0 Å². The first kappa shape index (κ1) is 17.4. The molecule has 2 atom stereocenters. The van der Waals surface area contributed by atoms with Crippen LogP contribution in [0.2, 0.25) is 0 Å². The monoisotopic (exact) mass is 347 g/mol. The third kappa shape index (κ3) is 3.35. The maximum absolute atomic E-state index is 14.2. The molecule has 0 spiro atoms. The average molecular weight is 347 g/mol. The summed E-state index contributed by atoms with van der Waals surface area (Å²) in [6.45, 7) is 1.85. The van der Waals surface area contributed by atoms with E-state index in [-0.39, 0.29) is 24.4 Å². The highest BCUT2D eigenvalue weighted by molar-refractivity contribution is 5.96. The summed E-state index contributed by atoms with van der Waals surface area (Å²) in [6, 6.07) is 7.49. The Labute approximate surface area is 144 Å². The van der Waals surface area contributed by atoms with E-state index < -0.39 is 23.8 Å². The Balaban J connectivity index is 1.96. The molecule has 2 unspecified atom stereocenters. The van der Waals surface area contributed by atoms with Crippen molar-refractivity contribution in [3.63, 3.8) is 0 Å². The van der Waals surface area contributed by atoms with Crippen LogP contribution in [-0.2, 0) is 0 Å². The maximum atomic E-state index is 14.2. The number of hydrogen-bond donors (Lipinski definition) is 1. The molecule has 1 aliphatic heterocycles. The zero-order valence-corrected chi connectivity index (χ0v) is 14.0. The van der Waals surface area contributed by atoms with Crippen molar-refractivity contribution in [2.24, 2.45) is 0 Å². The molecule has 2 aromatic rings. The van der Waals surface area contributed by atoms with Crippen LogP contribution in [0, 0.1) is 18.6 Å². The van der Waals surface area contributed by atoms with Gasteiger partial charge in [0.1, 0.15) is 17.4 Å². The third-order valence-electron chi connectivity index (χ3n) is 4.52. The van der Waals surface area contributed by atoms with Crippen molar-refractivity contribution < 1.29 is 23.4 Å². The van der Waals surface area contributed by atoms with Crippen LogP contribution in [0.5, 0.6) is 5.75 Å². The number of benzene rings is 2. The van der Waals surface area contributed by atoms with Crippen molar-refractivity contribution in [1.29, 1.82) is 0 Å². The summed E-state index contributed by atoms with van der Waals surface area (Å²) in [4.78, 5) is 14.4. The van der Waals surface area contributed by atoms with Gasteiger partial charge in [-0.3, -0.25) is 4.79 Å². The third-order valence-corrected chi connectivity index (χ3v) is 4.52. The molecule has 0 bridgehead atoms. The van der Waals surface area contributed by atoms with Crippen molar-refractivity contribution in [3.8, 4) is 5.75 Å². The Kier molecular flexibility index (Phi) is 4.72. The van der Waals surface area contributed by atoms with Gasteiger partial charge in [-0.25, -0.2) is 8.78 Å². The van der Waals surface area contributed by atoms with Gasteiger partial charge >= 0.3 is 0 Å². The number of nitrogens with zero attached hydrogens (tertiary/aromatic N) is 1. The fourth-order valence-electron chi connectivity index (χ4n) is 3.26. The molecule has 1 fully saturated rings. The summed E-state index contributed by atoms with van der Waals surface area (Å²) in [5.41, 5.74) is 1.23. The van der Waals surface area contributed by atoms with Crippen molar-refractivity contribution >= 4 is 5.91 Å². The lowest BCUT2D eigenvalue weighted by Crippen LogP contribution is -2.32. The quantitative estimate of drug-likeness (QED) is 0.927. The normalized spacial score (nSPS) is 20.0. The number of carbonyl (C=O) groups is 1. The molecule has 0 saturated carbocycles. The topological polar surface area (TPSA) is 49.8 Å². The molecule has 132 valence electrons. The smallest absolute Gasteiger partial charge is 0.254 e. The second kappa shape index (κ2) is 6.80. The Bertz CT molecular complexity index is 809. The maximum Gasteiger partial charge on any atom is 0.254 e. The zero-order chi connectivity index (χ0) is 18.1. The van der Waals surface area contributed by atoms with Crippen LogP contribution in [0.25, 0.3) is 0 Å². The summed E-state index contributed by atoms with van der Waals surface area (Å²) in [7, 11) is 1.54. The van der Waals surface area contributed by atoms with Crippen molar-refractivity contribution in [2.75, 3.05) is 13.7 Å². The standard InChI is InChI=1S/C19H19F2NO3/c1-11-7-14(25-2)4-5-15(11)19(24)22-10-13(23)9-18(22)16-8-12(20)3-6-17(16)21/h3-8,13,18,23H,9-10H2,1-2H3. The fourth-order valence-corrected chi connectivity index (χ4v) is 3.26. The first-order chi connectivity index (χ1) is 11.9. The second-order valence-corrected chi connectivity index (χ2v) is 6.21. The van der Waals surface area contributed by atoms with Gasteiger partial charge in [0.2, 0.25) is 0 Å². The molecular weight excluding hydrogens is 328 g/mol. The molecule has 1 heterocycles. The Morgan fingerprint density at radius 1 is 1.24 bits per heavy atom. The van der Waals surface area contributed by atoms with E-state index in [1.807, 2.05) is 0 Å². The highest BCUT2D eigenvalue weighted by Gasteiger charge is 2.37. The van der Waals surface area contributed by atoms with Crippen LogP contribution < -0.4 is 4.74 Å². The van der Waals surface area contributed by atoms with E-state index in [2.05, 4.69) is 0 Å². The number of halogens is 2. The average Bonchev–Trinajstić information content (AvgIpc) is 2.98. The number of amides is 1. The van der Waals surface area contributed by atoms with E-state index >= 15 is 0 Å². The molecule has 1 N–H and O–H groups in total. The molecule has 1 amide bonds.